The largest absolute Gasteiger partial charge is 0.323 e. The van der Waals surface area contributed by atoms with Gasteiger partial charge >= 0.3 is 0 Å². The molecule has 0 aromatic carbocycles. The van der Waals surface area contributed by atoms with E-state index in [0.29, 0.717) is 0 Å². The molecule has 3 unspecified atom stereocenters. The highest BCUT2D eigenvalue weighted by Gasteiger charge is 2.72. The Morgan fingerprint density at radius 1 is 1.06 bits per heavy atom. The van der Waals surface area contributed by atoms with Gasteiger partial charge < -0.3 is 4.48 Å². The lowest BCUT2D eigenvalue weighted by Crippen LogP contribution is -2.77. The first-order chi connectivity index (χ1) is 7.60. The number of quaternary nitrogens is 1. The summed E-state index contributed by atoms with van der Waals surface area (Å²) in [7, 11) is 2.57. The van der Waals surface area contributed by atoms with E-state index >= 15 is 0 Å². The summed E-state index contributed by atoms with van der Waals surface area (Å²) in [6, 6.07) is 1.06. The molecule has 2 saturated carbocycles. The van der Waals surface area contributed by atoms with Crippen molar-refractivity contribution in [3.05, 3.63) is 0 Å². The lowest BCUT2D eigenvalue weighted by Gasteiger charge is -2.75. The normalized spacial score (nSPS) is 63.4. The highest BCUT2D eigenvalue weighted by molar-refractivity contribution is 5.17. The molecular formula is C15H26N+. The summed E-state index contributed by atoms with van der Waals surface area (Å²) in [4.78, 5) is 0. The second-order valence-corrected chi connectivity index (χ2v) is 7.77. The third-order valence-electron chi connectivity index (χ3n) is 7.45. The van der Waals surface area contributed by atoms with Gasteiger partial charge in [-0.05, 0) is 49.4 Å². The van der Waals surface area contributed by atoms with Crippen molar-refractivity contribution in [3.63, 3.8) is 0 Å². The molecule has 2 aliphatic carbocycles. The summed E-state index contributed by atoms with van der Waals surface area (Å²) in [5.74, 6) is 1.13. The van der Waals surface area contributed by atoms with Crippen LogP contribution in [0.2, 0.25) is 0 Å². The molecule has 1 heteroatoms. The van der Waals surface area contributed by atoms with Gasteiger partial charge in [0, 0.05) is 12.3 Å². The lowest BCUT2D eigenvalue weighted by atomic mass is 9.34. The van der Waals surface area contributed by atoms with Crippen molar-refractivity contribution in [2.75, 3.05) is 20.1 Å². The summed E-state index contributed by atoms with van der Waals surface area (Å²) in [6.07, 6.45) is 10.8. The Hall–Kier alpha value is -0.0400. The van der Waals surface area contributed by atoms with Gasteiger partial charge in [-0.2, -0.15) is 0 Å². The molecule has 4 bridgehead atoms. The molecule has 3 heterocycles. The maximum atomic E-state index is 2.65. The van der Waals surface area contributed by atoms with E-state index in [9.17, 15) is 0 Å². The molecule has 0 N–H and O–H groups in total. The van der Waals surface area contributed by atoms with Gasteiger partial charge in [0.2, 0.25) is 0 Å². The maximum Gasteiger partial charge on any atom is 0.0928 e. The maximum absolute atomic E-state index is 2.65. The van der Waals surface area contributed by atoms with Crippen LogP contribution in [0.25, 0.3) is 0 Å². The van der Waals surface area contributed by atoms with Crippen LogP contribution in [0.15, 0.2) is 0 Å². The molecule has 0 aromatic heterocycles. The second kappa shape index (κ2) is 2.68. The van der Waals surface area contributed by atoms with Crippen molar-refractivity contribution < 1.29 is 4.48 Å². The fraction of sp³-hybridized carbons (Fsp3) is 1.00. The van der Waals surface area contributed by atoms with Crippen LogP contribution >= 0.6 is 0 Å². The SMILES string of the molecule is CC12CCC[N+](C)(CCC1)C1CC23CCC13. The highest BCUT2D eigenvalue weighted by atomic mass is 15.4. The molecule has 90 valence electrons. The monoisotopic (exact) mass is 220 g/mol. The minimum Gasteiger partial charge on any atom is -0.323 e. The Kier molecular flexibility index (Phi) is 1.67. The minimum atomic E-state index is 0.734. The Balaban J connectivity index is 1.80. The molecule has 16 heavy (non-hydrogen) atoms. The van der Waals surface area contributed by atoms with E-state index in [1.54, 1.807) is 19.3 Å². The molecule has 5 rings (SSSR count). The average Bonchev–Trinajstić information content (AvgIpc) is 2.17. The topological polar surface area (TPSA) is 0 Å². The van der Waals surface area contributed by atoms with Crippen molar-refractivity contribution in [2.24, 2.45) is 16.7 Å². The second-order valence-electron chi connectivity index (χ2n) is 7.77. The Morgan fingerprint density at radius 3 is 2.25 bits per heavy atom. The van der Waals surface area contributed by atoms with Crippen LogP contribution < -0.4 is 0 Å². The van der Waals surface area contributed by atoms with Gasteiger partial charge in [-0.15, -0.1) is 0 Å². The van der Waals surface area contributed by atoms with Crippen LogP contribution in [0.1, 0.15) is 51.9 Å². The zero-order chi connectivity index (χ0) is 11.0. The number of hydrogen-bond acceptors (Lipinski definition) is 0. The quantitative estimate of drug-likeness (QED) is 0.550. The van der Waals surface area contributed by atoms with Crippen LogP contribution in [-0.4, -0.2) is 30.7 Å². The van der Waals surface area contributed by atoms with Crippen molar-refractivity contribution >= 4 is 0 Å². The van der Waals surface area contributed by atoms with Crippen molar-refractivity contribution in [1.82, 2.24) is 0 Å². The van der Waals surface area contributed by atoms with Gasteiger partial charge in [-0.25, -0.2) is 0 Å². The van der Waals surface area contributed by atoms with Crippen LogP contribution in [0, 0.1) is 16.7 Å². The molecule has 5 fully saturated rings. The number of fused-ring (bicyclic) bond motifs is 4. The molecule has 3 atom stereocenters. The van der Waals surface area contributed by atoms with Crippen LogP contribution in [0.3, 0.4) is 0 Å². The van der Waals surface area contributed by atoms with Crippen LogP contribution in [0.4, 0.5) is 0 Å². The summed E-state index contributed by atoms with van der Waals surface area (Å²) < 4.78 is 1.45. The first-order valence-electron chi connectivity index (χ1n) is 7.44. The van der Waals surface area contributed by atoms with E-state index in [2.05, 4.69) is 14.0 Å². The first kappa shape index (κ1) is 9.94. The van der Waals surface area contributed by atoms with E-state index in [-0.39, 0.29) is 0 Å². The van der Waals surface area contributed by atoms with E-state index in [0.717, 1.165) is 22.8 Å². The summed E-state index contributed by atoms with van der Waals surface area (Å²) >= 11 is 0. The fourth-order valence-corrected chi connectivity index (χ4v) is 6.21. The Morgan fingerprint density at radius 2 is 1.75 bits per heavy atom. The van der Waals surface area contributed by atoms with Gasteiger partial charge in [-0.1, -0.05) is 6.92 Å². The number of hydrogen-bond donors (Lipinski definition) is 0. The van der Waals surface area contributed by atoms with Crippen LogP contribution in [0.5, 0.6) is 0 Å². The lowest BCUT2D eigenvalue weighted by molar-refractivity contribution is -0.954. The van der Waals surface area contributed by atoms with Gasteiger partial charge in [0.1, 0.15) is 0 Å². The standard InChI is InChI=1S/C15H26N/c1-14-6-3-9-16(2,10-4-7-14)13-11-15(14)8-5-12(13)15/h12-13H,3-11H2,1-2H3/q+1. The predicted octanol–water partition coefficient (Wildman–Crippen LogP) is 3.20. The summed E-state index contributed by atoms with van der Waals surface area (Å²) in [5.41, 5.74) is 1.57. The molecule has 3 aliphatic heterocycles. The van der Waals surface area contributed by atoms with Crippen molar-refractivity contribution in [1.29, 1.82) is 0 Å². The van der Waals surface area contributed by atoms with Gasteiger partial charge in [0.15, 0.2) is 0 Å². The molecule has 1 nitrogen and oxygen atoms in total. The third-order valence-corrected chi connectivity index (χ3v) is 7.45. The van der Waals surface area contributed by atoms with E-state index in [1.165, 1.54) is 43.3 Å². The molecule has 0 aromatic rings. The molecule has 0 radical (unpaired) electrons. The van der Waals surface area contributed by atoms with E-state index in [1.807, 2.05) is 0 Å². The first-order valence-corrected chi connectivity index (χ1v) is 7.44. The van der Waals surface area contributed by atoms with Crippen molar-refractivity contribution in [2.45, 2.75) is 57.9 Å². The zero-order valence-electron chi connectivity index (χ0n) is 11.0. The average molecular weight is 220 g/mol. The van der Waals surface area contributed by atoms with Gasteiger partial charge in [0.25, 0.3) is 0 Å². The van der Waals surface area contributed by atoms with Crippen LogP contribution in [-0.2, 0) is 0 Å². The fourth-order valence-electron chi connectivity index (χ4n) is 6.21. The zero-order valence-corrected chi connectivity index (χ0v) is 11.0. The summed E-state index contributed by atoms with van der Waals surface area (Å²) in [6.45, 7) is 5.61. The summed E-state index contributed by atoms with van der Waals surface area (Å²) in [5, 5.41) is 0. The smallest absolute Gasteiger partial charge is 0.0928 e. The van der Waals surface area contributed by atoms with E-state index < -0.39 is 0 Å². The predicted molar refractivity (Wildman–Crippen MR) is 66.1 cm³/mol. The van der Waals surface area contributed by atoms with E-state index in [4.69, 9.17) is 0 Å². The molecule has 3 saturated heterocycles. The Labute approximate surface area is 99.8 Å². The highest BCUT2D eigenvalue weighted by Crippen LogP contribution is 2.74. The Bertz CT molecular complexity index is 324. The molecular weight excluding hydrogens is 194 g/mol. The van der Waals surface area contributed by atoms with Gasteiger partial charge in [-0.3, -0.25) is 0 Å². The number of nitrogens with zero attached hydrogens (tertiary/aromatic N) is 1. The van der Waals surface area contributed by atoms with Crippen molar-refractivity contribution in [3.8, 4) is 0 Å². The van der Waals surface area contributed by atoms with Gasteiger partial charge in [0.05, 0.1) is 26.2 Å². The number of rotatable bonds is 0. The third kappa shape index (κ3) is 0.868. The molecule has 1 spiro atoms. The minimum absolute atomic E-state index is 0.734. The molecule has 5 aliphatic rings. The molecule has 0 amide bonds.